The van der Waals surface area contributed by atoms with E-state index < -0.39 is 0 Å². The van der Waals surface area contributed by atoms with Gasteiger partial charge in [0.05, 0.1) is 0 Å². The molecule has 0 saturated heterocycles. The summed E-state index contributed by atoms with van der Waals surface area (Å²) >= 11 is 1.11. The van der Waals surface area contributed by atoms with Gasteiger partial charge in [-0.3, -0.25) is 9.59 Å². The highest BCUT2D eigenvalue weighted by Gasteiger charge is 2.26. The summed E-state index contributed by atoms with van der Waals surface area (Å²) in [5, 5.41) is 1.61. The van der Waals surface area contributed by atoms with Crippen molar-refractivity contribution < 1.29 is 4.79 Å². The average Bonchev–Trinajstić information content (AvgIpc) is 3.00. The molecule has 1 aromatic heterocycles. The second-order valence-electron chi connectivity index (χ2n) is 7.80. The first kappa shape index (κ1) is 21.1. The maximum atomic E-state index is 12.0. The molecule has 0 radical (unpaired) electrons. The monoisotopic (exact) mass is 383 g/mol. The Bertz CT molecular complexity index is 901. The van der Waals surface area contributed by atoms with E-state index in [9.17, 15) is 9.59 Å². The van der Waals surface area contributed by atoms with Crippen LogP contribution in [0, 0.1) is 5.41 Å². The highest BCUT2D eigenvalue weighted by atomic mass is 32.1. The van der Waals surface area contributed by atoms with Gasteiger partial charge in [-0.1, -0.05) is 66.9 Å². The zero-order chi connectivity index (χ0) is 20.0. The van der Waals surface area contributed by atoms with Crippen LogP contribution in [0.1, 0.15) is 58.7 Å². The number of hydrogen-bond donors (Lipinski definition) is 0. The van der Waals surface area contributed by atoms with Crippen molar-refractivity contribution in [1.82, 2.24) is 3.96 Å². The van der Waals surface area contributed by atoms with Crippen molar-refractivity contribution >= 4 is 17.4 Å². The molecule has 0 amide bonds. The van der Waals surface area contributed by atoms with E-state index in [1.165, 1.54) is 42.6 Å². The minimum absolute atomic E-state index is 0.245. The zero-order valence-corrected chi connectivity index (χ0v) is 17.7. The van der Waals surface area contributed by atoms with Crippen LogP contribution in [-0.4, -0.2) is 9.86 Å². The van der Waals surface area contributed by atoms with E-state index in [-0.39, 0.29) is 16.9 Å². The number of hydrogen-bond acceptors (Lipinski definition) is 3. The van der Waals surface area contributed by atoms with Crippen molar-refractivity contribution in [1.29, 1.82) is 0 Å². The molecule has 27 heavy (non-hydrogen) atoms. The first-order valence-corrected chi connectivity index (χ1v) is 10.2. The Hall–Kier alpha value is -2.20. The fraction of sp³-hybridized carbons (Fsp3) is 0.391. The minimum atomic E-state index is -0.306. The molecule has 2 rings (SSSR count). The number of rotatable bonds is 5. The Labute approximate surface area is 166 Å². The molecule has 1 aromatic rings. The SMILES string of the molecule is CC(C=CC1=C(C)CCCC1(C)C)=CC=CC(C)=CC(=O)n1sccc1=O. The lowest BCUT2D eigenvalue weighted by Crippen LogP contribution is -2.19. The maximum absolute atomic E-state index is 12.0. The van der Waals surface area contributed by atoms with Gasteiger partial charge in [0, 0.05) is 17.5 Å². The van der Waals surface area contributed by atoms with E-state index in [0.29, 0.717) is 0 Å². The lowest BCUT2D eigenvalue weighted by molar-refractivity contribution is 0.0977. The summed E-state index contributed by atoms with van der Waals surface area (Å²) in [6.45, 7) is 10.8. The molecule has 4 heteroatoms. The largest absolute Gasteiger partial charge is 0.268 e. The summed E-state index contributed by atoms with van der Waals surface area (Å²) in [5.74, 6) is -0.306. The van der Waals surface area contributed by atoms with Gasteiger partial charge < -0.3 is 0 Å². The molecule has 3 nitrogen and oxygen atoms in total. The Morgan fingerprint density at radius 3 is 2.59 bits per heavy atom. The van der Waals surface area contributed by atoms with E-state index in [4.69, 9.17) is 0 Å². The standard InChI is InChI=1S/C23H29NO2S/c1-17(11-12-20-19(3)10-7-14-23(20,4)5)8-6-9-18(2)16-22(26)24-21(25)13-15-27-24/h6,8-9,11-13,15-16H,7,10,14H2,1-5H3. The average molecular weight is 384 g/mol. The number of nitrogens with zero attached hydrogens (tertiary/aromatic N) is 1. The fourth-order valence-corrected chi connectivity index (χ4v) is 3.98. The quantitative estimate of drug-likeness (QED) is 0.456. The van der Waals surface area contributed by atoms with Gasteiger partial charge in [0.25, 0.3) is 11.5 Å². The lowest BCUT2D eigenvalue weighted by Gasteiger charge is -2.32. The van der Waals surface area contributed by atoms with Crippen molar-refractivity contribution in [2.75, 3.05) is 0 Å². The zero-order valence-electron chi connectivity index (χ0n) is 16.9. The van der Waals surface area contributed by atoms with Crippen LogP contribution in [0.15, 0.2) is 75.0 Å². The third-order valence-electron chi connectivity index (χ3n) is 4.90. The molecule has 0 atom stereocenters. The van der Waals surface area contributed by atoms with Gasteiger partial charge in [-0.2, -0.15) is 3.96 Å². The van der Waals surface area contributed by atoms with Gasteiger partial charge >= 0.3 is 0 Å². The summed E-state index contributed by atoms with van der Waals surface area (Å²) in [5.41, 5.74) is 4.87. The fourth-order valence-electron chi connectivity index (χ4n) is 3.36. The predicted octanol–water partition coefficient (Wildman–Crippen LogP) is 6.08. The van der Waals surface area contributed by atoms with Crippen molar-refractivity contribution in [3.8, 4) is 0 Å². The van der Waals surface area contributed by atoms with Crippen molar-refractivity contribution in [3.05, 3.63) is 80.5 Å². The summed E-state index contributed by atoms with van der Waals surface area (Å²) < 4.78 is 1.14. The van der Waals surface area contributed by atoms with Crippen LogP contribution in [-0.2, 0) is 0 Å². The number of aromatic nitrogens is 1. The molecular weight excluding hydrogens is 354 g/mol. The van der Waals surface area contributed by atoms with Crippen LogP contribution in [0.2, 0.25) is 0 Å². The molecular formula is C23H29NO2S. The highest BCUT2D eigenvalue weighted by Crippen LogP contribution is 2.40. The number of allylic oxidation sites excluding steroid dienone is 10. The van der Waals surface area contributed by atoms with E-state index >= 15 is 0 Å². The van der Waals surface area contributed by atoms with E-state index in [0.717, 1.165) is 26.6 Å². The van der Waals surface area contributed by atoms with Gasteiger partial charge in [0.1, 0.15) is 0 Å². The van der Waals surface area contributed by atoms with Gasteiger partial charge in [0.2, 0.25) is 0 Å². The number of carbonyl (C=O) groups excluding carboxylic acids is 1. The topological polar surface area (TPSA) is 39.1 Å². The summed E-state index contributed by atoms with van der Waals surface area (Å²) in [4.78, 5) is 23.5. The van der Waals surface area contributed by atoms with Crippen molar-refractivity contribution in [2.45, 2.75) is 53.9 Å². The molecule has 1 aliphatic rings. The van der Waals surface area contributed by atoms with Crippen LogP contribution in [0.4, 0.5) is 0 Å². The normalized spacial score (nSPS) is 18.7. The van der Waals surface area contributed by atoms with Gasteiger partial charge in [0.15, 0.2) is 0 Å². The lowest BCUT2D eigenvalue weighted by atomic mass is 9.72. The Balaban J connectivity index is 2.04. The molecule has 144 valence electrons. The summed E-state index contributed by atoms with van der Waals surface area (Å²) in [7, 11) is 0. The first-order chi connectivity index (χ1) is 12.7. The van der Waals surface area contributed by atoms with Gasteiger partial charge in [-0.25, -0.2) is 0 Å². The van der Waals surface area contributed by atoms with Crippen LogP contribution in [0.25, 0.3) is 0 Å². The Morgan fingerprint density at radius 1 is 1.22 bits per heavy atom. The Kier molecular flexibility index (Phi) is 7.14. The maximum Gasteiger partial charge on any atom is 0.267 e. The molecule has 0 aromatic carbocycles. The molecule has 0 bridgehead atoms. The molecule has 0 saturated carbocycles. The Morgan fingerprint density at radius 2 is 1.96 bits per heavy atom. The second kappa shape index (κ2) is 9.14. The first-order valence-electron chi connectivity index (χ1n) is 9.33. The molecule has 0 unspecified atom stereocenters. The third kappa shape index (κ3) is 5.90. The third-order valence-corrected chi connectivity index (χ3v) is 5.73. The van der Waals surface area contributed by atoms with E-state index in [1.54, 1.807) is 5.38 Å². The van der Waals surface area contributed by atoms with Crippen LogP contribution in [0.5, 0.6) is 0 Å². The summed E-state index contributed by atoms with van der Waals surface area (Å²) in [6, 6.07) is 1.39. The van der Waals surface area contributed by atoms with Crippen LogP contribution >= 0.6 is 11.5 Å². The molecule has 1 aliphatic carbocycles. The number of carbonyl (C=O) groups is 1. The van der Waals surface area contributed by atoms with Crippen LogP contribution in [0.3, 0.4) is 0 Å². The van der Waals surface area contributed by atoms with Crippen LogP contribution < -0.4 is 5.56 Å². The van der Waals surface area contributed by atoms with Gasteiger partial charge in [-0.05, 0) is 56.6 Å². The molecule has 0 spiro atoms. The molecule has 0 N–H and O–H groups in total. The van der Waals surface area contributed by atoms with E-state index in [1.807, 2.05) is 25.2 Å². The van der Waals surface area contributed by atoms with Crippen molar-refractivity contribution in [3.63, 3.8) is 0 Å². The van der Waals surface area contributed by atoms with Crippen molar-refractivity contribution in [2.24, 2.45) is 5.41 Å². The molecule has 0 aliphatic heterocycles. The minimum Gasteiger partial charge on any atom is -0.268 e. The predicted molar refractivity (Wildman–Crippen MR) is 115 cm³/mol. The van der Waals surface area contributed by atoms with E-state index in [2.05, 4.69) is 39.8 Å². The second-order valence-corrected chi connectivity index (χ2v) is 8.65. The highest BCUT2D eigenvalue weighted by molar-refractivity contribution is 7.05. The smallest absolute Gasteiger partial charge is 0.267 e. The molecule has 1 heterocycles. The molecule has 0 fully saturated rings. The summed E-state index contributed by atoms with van der Waals surface area (Å²) in [6.07, 6.45) is 15.4. The van der Waals surface area contributed by atoms with Gasteiger partial charge in [-0.15, -0.1) is 0 Å².